The number of anilines is 1. The molecule has 0 aliphatic heterocycles. The molecule has 0 radical (unpaired) electrons. The minimum atomic E-state index is 0.333. The number of nitrogens with two attached hydrogens (primary N) is 2. The van der Waals surface area contributed by atoms with E-state index in [9.17, 15) is 0 Å². The summed E-state index contributed by atoms with van der Waals surface area (Å²) < 4.78 is 0. The quantitative estimate of drug-likeness (QED) is 0.658. The van der Waals surface area contributed by atoms with E-state index < -0.39 is 0 Å². The molecule has 0 amide bonds. The van der Waals surface area contributed by atoms with E-state index in [2.05, 4.69) is 12.1 Å². The highest BCUT2D eigenvalue weighted by molar-refractivity contribution is 5.49. The summed E-state index contributed by atoms with van der Waals surface area (Å²) in [6.45, 7) is 0. The molecule has 2 atom stereocenters. The van der Waals surface area contributed by atoms with E-state index in [0.717, 1.165) is 18.0 Å². The molecular weight excluding hydrogens is 172 g/mol. The van der Waals surface area contributed by atoms with E-state index in [1.165, 1.54) is 24.0 Å². The van der Waals surface area contributed by atoms with Gasteiger partial charge in [-0.25, -0.2) is 0 Å². The molecule has 1 fully saturated rings. The number of benzene rings is 1. The van der Waals surface area contributed by atoms with E-state index in [1.807, 2.05) is 6.07 Å². The van der Waals surface area contributed by atoms with Crippen LogP contribution < -0.4 is 11.5 Å². The number of hydrogen-bond donors (Lipinski definition) is 2. The second-order valence-electron chi connectivity index (χ2n) is 4.69. The van der Waals surface area contributed by atoms with Gasteiger partial charge in [-0.2, -0.15) is 0 Å². The van der Waals surface area contributed by atoms with Crippen molar-refractivity contribution in [1.82, 2.24) is 0 Å². The van der Waals surface area contributed by atoms with Crippen LogP contribution in [0, 0.1) is 5.92 Å². The first-order chi connectivity index (χ1) is 6.75. The van der Waals surface area contributed by atoms with Crippen molar-refractivity contribution in [2.24, 2.45) is 11.7 Å². The van der Waals surface area contributed by atoms with Gasteiger partial charge in [0.15, 0.2) is 0 Å². The van der Waals surface area contributed by atoms with Gasteiger partial charge in [0.25, 0.3) is 0 Å². The molecule has 2 aliphatic carbocycles. The van der Waals surface area contributed by atoms with E-state index in [1.54, 1.807) is 0 Å². The van der Waals surface area contributed by atoms with Crippen LogP contribution in [0.2, 0.25) is 0 Å². The standard InChI is InChI=1S/C12H16N2/c13-9-3-4-10-8(5-9)6-11(14)12(10)7-1-2-7/h3-5,7,11-12H,1-2,6,13-14H2. The Labute approximate surface area is 84.3 Å². The van der Waals surface area contributed by atoms with Gasteiger partial charge in [0.05, 0.1) is 0 Å². The molecular formula is C12H16N2. The van der Waals surface area contributed by atoms with Crippen molar-refractivity contribution in [2.75, 3.05) is 5.73 Å². The van der Waals surface area contributed by atoms with E-state index >= 15 is 0 Å². The predicted molar refractivity (Wildman–Crippen MR) is 58.0 cm³/mol. The lowest BCUT2D eigenvalue weighted by Crippen LogP contribution is -2.26. The first kappa shape index (κ1) is 8.30. The fourth-order valence-corrected chi connectivity index (χ4v) is 2.80. The molecule has 0 spiro atoms. The zero-order valence-electron chi connectivity index (χ0n) is 8.24. The van der Waals surface area contributed by atoms with Crippen LogP contribution in [0.15, 0.2) is 18.2 Å². The number of rotatable bonds is 1. The third-order valence-corrected chi connectivity index (χ3v) is 3.57. The van der Waals surface area contributed by atoms with Crippen LogP contribution in [0.3, 0.4) is 0 Å². The first-order valence-electron chi connectivity index (χ1n) is 5.39. The maximum atomic E-state index is 6.18. The lowest BCUT2D eigenvalue weighted by molar-refractivity contribution is 0.519. The normalized spacial score (nSPS) is 30.4. The van der Waals surface area contributed by atoms with Gasteiger partial charge in [-0.15, -0.1) is 0 Å². The first-order valence-corrected chi connectivity index (χ1v) is 5.39. The maximum Gasteiger partial charge on any atom is 0.0316 e. The van der Waals surface area contributed by atoms with Gasteiger partial charge in [-0.1, -0.05) is 6.07 Å². The molecule has 4 N–H and O–H groups in total. The number of hydrogen-bond acceptors (Lipinski definition) is 2. The molecule has 2 unspecified atom stereocenters. The Morgan fingerprint density at radius 1 is 1.21 bits per heavy atom. The summed E-state index contributed by atoms with van der Waals surface area (Å²) in [4.78, 5) is 0. The highest BCUT2D eigenvalue weighted by atomic mass is 14.7. The van der Waals surface area contributed by atoms with Crippen molar-refractivity contribution in [3.05, 3.63) is 29.3 Å². The Bertz CT molecular complexity index is 369. The summed E-state index contributed by atoms with van der Waals surface area (Å²) in [7, 11) is 0. The van der Waals surface area contributed by atoms with Crippen molar-refractivity contribution in [2.45, 2.75) is 31.2 Å². The molecule has 2 heteroatoms. The molecule has 1 aromatic carbocycles. The molecule has 1 saturated carbocycles. The van der Waals surface area contributed by atoms with Gasteiger partial charge in [0.2, 0.25) is 0 Å². The molecule has 14 heavy (non-hydrogen) atoms. The van der Waals surface area contributed by atoms with Crippen molar-refractivity contribution in [1.29, 1.82) is 0 Å². The lowest BCUT2D eigenvalue weighted by atomic mass is 9.93. The highest BCUT2D eigenvalue weighted by Gasteiger charge is 2.40. The van der Waals surface area contributed by atoms with Crippen LogP contribution in [0.5, 0.6) is 0 Å². The third kappa shape index (κ3) is 1.14. The third-order valence-electron chi connectivity index (χ3n) is 3.57. The Balaban J connectivity index is 2.03. The van der Waals surface area contributed by atoms with Gasteiger partial charge < -0.3 is 11.5 Å². The smallest absolute Gasteiger partial charge is 0.0316 e. The largest absolute Gasteiger partial charge is 0.399 e. The predicted octanol–water partition coefficient (Wildman–Crippen LogP) is 1.65. The van der Waals surface area contributed by atoms with Crippen molar-refractivity contribution < 1.29 is 0 Å². The van der Waals surface area contributed by atoms with Crippen LogP contribution in [0.1, 0.15) is 29.9 Å². The molecule has 2 nitrogen and oxygen atoms in total. The Hall–Kier alpha value is -1.02. The molecule has 0 saturated heterocycles. The van der Waals surface area contributed by atoms with Gasteiger partial charge in [0, 0.05) is 17.6 Å². The summed E-state index contributed by atoms with van der Waals surface area (Å²) >= 11 is 0. The summed E-state index contributed by atoms with van der Waals surface area (Å²) in [6, 6.07) is 6.61. The van der Waals surface area contributed by atoms with E-state index in [4.69, 9.17) is 11.5 Å². The summed E-state index contributed by atoms with van der Waals surface area (Å²) in [5, 5.41) is 0. The molecule has 3 rings (SSSR count). The van der Waals surface area contributed by atoms with Gasteiger partial charge >= 0.3 is 0 Å². The number of nitrogen functional groups attached to an aromatic ring is 1. The minimum Gasteiger partial charge on any atom is -0.399 e. The molecule has 0 heterocycles. The van der Waals surface area contributed by atoms with E-state index in [0.29, 0.717) is 12.0 Å². The Kier molecular flexibility index (Phi) is 1.62. The zero-order valence-corrected chi connectivity index (χ0v) is 8.24. The topological polar surface area (TPSA) is 52.0 Å². The summed E-state index contributed by atoms with van der Waals surface area (Å²) in [5.74, 6) is 1.47. The molecule has 1 aromatic rings. The Morgan fingerprint density at radius 2 is 2.00 bits per heavy atom. The monoisotopic (exact) mass is 188 g/mol. The van der Waals surface area contributed by atoms with Gasteiger partial charge in [-0.05, 0) is 48.4 Å². The minimum absolute atomic E-state index is 0.333. The average Bonchev–Trinajstić information content (AvgIpc) is 2.89. The van der Waals surface area contributed by atoms with Crippen LogP contribution >= 0.6 is 0 Å². The molecule has 2 aliphatic rings. The van der Waals surface area contributed by atoms with Crippen LogP contribution in [-0.4, -0.2) is 6.04 Å². The van der Waals surface area contributed by atoms with Crippen LogP contribution in [-0.2, 0) is 6.42 Å². The molecule has 0 bridgehead atoms. The van der Waals surface area contributed by atoms with Gasteiger partial charge in [-0.3, -0.25) is 0 Å². The second-order valence-corrected chi connectivity index (χ2v) is 4.69. The van der Waals surface area contributed by atoms with Crippen LogP contribution in [0.25, 0.3) is 0 Å². The molecule has 0 aromatic heterocycles. The maximum absolute atomic E-state index is 6.18. The molecule has 74 valence electrons. The van der Waals surface area contributed by atoms with Crippen LogP contribution in [0.4, 0.5) is 5.69 Å². The Morgan fingerprint density at radius 3 is 2.71 bits per heavy atom. The van der Waals surface area contributed by atoms with E-state index in [-0.39, 0.29) is 0 Å². The number of fused-ring (bicyclic) bond motifs is 1. The zero-order chi connectivity index (χ0) is 9.71. The van der Waals surface area contributed by atoms with Crippen molar-refractivity contribution >= 4 is 5.69 Å². The fraction of sp³-hybridized carbons (Fsp3) is 0.500. The fourth-order valence-electron chi connectivity index (χ4n) is 2.80. The lowest BCUT2D eigenvalue weighted by Gasteiger charge is -2.15. The van der Waals surface area contributed by atoms with Crippen molar-refractivity contribution in [3.63, 3.8) is 0 Å². The summed E-state index contributed by atoms with van der Waals surface area (Å²) in [5.41, 5.74) is 15.7. The summed E-state index contributed by atoms with van der Waals surface area (Å²) in [6.07, 6.45) is 3.74. The highest BCUT2D eigenvalue weighted by Crippen LogP contribution is 2.48. The second kappa shape index (κ2) is 2.74. The SMILES string of the molecule is Nc1ccc2c(c1)CC(N)C2C1CC1. The van der Waals surface area contributed by atoms with Crippen molar-refractivity contribution in [3.8, 4) is 0 Å². The average molecular weight is 188 g/mol. The van der Waals surface area contributed by atoms with Gasteiger partial charge in [0.1, 0.15) is 0 Å².